The standard InChI is InChI=1S/C33H34N6O5/c1-17-30(18(2)44-39-17)25-13-27-24(14-28(25)43-4)31-32(35-19(3)36-33(31)38-27)23-9-10-26(22-8-6-5-7-21(22)23)37-29(42)15-34-12-11-20(41)16-40/h5-10,13-14,20,34,40-41H,11-12,15-16H2,1-4H3,(H,37,42)(H,35,36,38). The zero-order valence-corrected chi connectivity index (χ0v) is 25.0. The van der Waals surface area contributed by atoms with E-state index in [1.807, 2.05) is 69.3 Å². The molecular weight excluding hydrogens is 560 g/mol. The van der Waals surface area contributed by atoms with Gasteiger partial charge in [-0.05, 0) is 57.3 Å². The second kappa shape index (κ2) is 12.0. The highest BCUT2D eigenvalue weighted by Crippen LogP contribution is 2.42. The molecule has 5 N–H and O–H groups in total. The number of ether oxygens (including phenoxy) is 1. The normalized spacial score (nSPS) is 12.3. The number of rotatable bonds is 10. The topological polar surface area (TPSA) is 158 Å². The van der Waals surface area contributed by atoms with Crippen LogP contribution in [0.3, 0.4) is 0 Å². The van der Waals surface area contributed by atoms with E-state index in [-0.39, 0.29) is 19.1 Å². The zero-order chi connectivity index (χ0) is 31.0. The van der Waals surface area contributed by atoms with Crippen LogP contribution in [0.2, 0.25) is 0 Å². The molecule has 0 aliphatic heterocycles. The molecule has 1 atom stereocenters. The second-order valence-electron chi connectivity index (χ2n) is 10.8. The fourth-order valence-electron chi connectivity index (χ4n) is 5.73. The van der Waals surface area contributed by atoms with Crippen molar-refractivity contribution in [1.82, 2.24) is 25.4 Å². The Morgan fingerprint density at radius 2 is 1.84 bits per heavy atom. The number of aryl methyl sites for hydroxylation is 3. The molecule has 0 aliphatic rings. The first-order valence-electron chi connectivity index (χ1n) is 14.4. The summed E-state index contributed by atoms with van der Waals surface area (Å²) in [4.78, 5) is 25.9. The molecule has 1 unspecified atom stereocenters. The summed E-state index contributed by atoms with van der Waals surface area (Å²) in [6, 6.07) is 15.8. The van der Waals surface area contributed by atoms with E-state index in [1.54, 1.807) is 7.11 Å². The van der Waals surface area contributed by atoms with Crippen molar-refractivity contribution in [3.63, 3.8) is 0 Å². The fourth-order valence-corrected chi connectivity index (χ4v) is 5.73. The summed E-state index contributed by atoms with van der Waals surface area (Å²) in [5.41, 5.74) is 6.48. The quantitative estimate of drug-likeness (QED) is 0.141. The number of benzene rings is 3. The monoisotopic (exact) mass is 594 g/mol. The molecule has 0 saturated carbocycles. The number of nitrogens with zero attached hydrogens (tertiary/aromatic N) is 3. The lowest BCUT2D eigenvalue weighted by Crippen LogP contribution is -2.30. The van der Waals surface area contributed by atoms with Gasteiger partial charge in [-0.15, -0.1) is 0 Å². The number of carbonyl (C=O) groups excluding carboxylic acids is 1. The molecule has 1 amide bonds. The minimum absolute atomic E-state index is 0.0764. The predicted molar refractivity (Wildman–Crippen MR) is 170 cm³/mol. The summed E-state index contributed by atoms with van der Waals surface area (Å²) < 4.78 is 11.3. The largest absolute Gasteiger partial charge is 0.496 e. The Morgan fingerprint density at radius 1 is 1.05 bits per heavy atom. The van der Waals surface area contributed by atoms with Gasteiger partial charge in [-0.3, -0.25) is 4.79 Å². The summed E-state index contributed by atoms with van der Waals surface area (Å²) >= 11 is 0. The number of carbonyl (C=O) groups is 1. The number of hydrogen-bond donors (Lipinski definition) is 5. The molecule has 0 aliphatic carbocycles. The van der Waals surface area contributed by atoms with Gasteiger partial charge in [-0.1, -0.05) is 35.5 Å². The number of aliphatic hydroxyl groups is 2. The van der Waals surface area contributed by atoms with Crippen LogP contribution in [0.15, 0.2) is 53.1 Å². The lowest BCUT2D eigenvalue weighted by molar-refractivity contribution is -0.115. The van der Waals surface area contributed by atoms with Crippen LogP contribution in [0.1, 0.15) is 23.7 Å². The number of anilines is 1. The summed E-state index contributed by atoms with van der Waals surface area (Å²) in [5, 5.41) is 32.2. The van der Waals surface area contributed by atoms with Crippen LogP contribution in [-0.4, -0.2) is 69.1 Å². The van der Waals surface area contributed by atoms with Crippen LogP contribution in [0, 0.1) is 20.8 Å². The first kappa shape index (κ1) is 29.2. The maximum absolute atomic E-state index is 12.7. The smallest absolute Gasteiger partial charge is 0.238 e. The molecule has 44 heavy (non-hydrogen) atoms. The van der Waals surface area contributed by atoms with Gasteiger partial charge < -0.3 is 35.1 Å². The molecule has 6 rings (SSSR count). The number of nitrogens with one attached hydrogen (secondary N) is 3. The molecule has 11 nitrogen and oxygen atoms in total. The van der Waals surface area contributed by atoms with Crippen LogP contribution < -0.4 is 15.4 Å². The number of H-pyrrole nitrogens is 1. The highest BCUT2D eigenvalue weighted by Gasteiger charge is 2.22. The van der Waals surface area contributed by atoms with E-state index in [0.717, 1.165) is 55.1 Å². The maximum atomic E-state index is 12.7. The highest BCUT2D eigenvalue weighted by molar-refractivity contribution is 6.17. The van der Waals surface area contributed by atoms with E-state index in [0.29, 0.717) is 41.6 Å². The van der Waals surface area contributed by atoms with Crippen molar-refractivity contribution in [3.05, 3.63) is 65.8 Å². The first-order valence-corrected chi connectivity index (χ1v) is 14.4. The van der Waals surface area contributed by atoms with Crippen molar-refractivity contribution in [2.45, 2.75) is 33.3 Å². The molecule has 226 valence electrons. The molecule has 0 radical (unpaired) electrons. The molecule has 0 fully saturated rings. The Balaban J connectivity index is 1.43. The van der Waals surface area contributed by atoms with Crippen molar-refractivity contribution >= 4 is 44.3 Å². The average molecular weight is 595 g/mol. The minimum atomic E-state index is -0.804. The van der Waals surface area contributed by atoms with E-state index in [2.05, 4.69) is 20.8 Å². The number of amides is 1. The molecule has 3 aromatic heterocycles. The van der Waals surface area contributed by atoms with Gasteiger partial charge in [0.05, 0.1) is 48.7 Å². The Bertz CT molecular complexity index is 1990. The molecule has 0 spiro atoms. The molecular formula is C33H34N6O5. The van der Waals surface area contributed by atoms with Gasteiger partial charge in [-0.2, -0.15) is 0 Å². The van der Waals surface area contributed by atoms with Crippen LogP contribution in [0.4, 0.5) is 5.69 Å². The van der Waals surface area contributed by atoms with Gasteiger partial charge in [0, 0.05) is 33.1 Å². The van der Waals surface area contributed by atoms with Crippen molar-refractivity contribution in [1.29, 1.82) is 0 Å². The molecule has 3 aromatic carbocycles. The summed E-state index contributed by atoms with van der Waals surface area (Å²) in [6.07, 6.45) is -0.448. The van der Waals surface area contributed by atoms with Crippen LogP contribution in [0.5, 0.6) is 5.75 Å². The van der Waals surface area contributed by atoms with E-state index >= 15 is 0 Å². The lowest BCUT2D eigenvalue weighted by atomic mass is 9.97. The van der Waals surface area contributed by atoms with Gasteiger partial charge in [0.1, 0.15) is 23.0 Å². The number of aromatic nitrogens is 4. The summed E-state index contributed by atoms with van der Waals surface area (Å²) in [7, 11) is 1.65. The molecule has 6 aromatic rings. The lowest BCUT2D eigenvalue weighted by Gasteiger charge is -2.14. The van der Waals surface area contributed by atoms with Gasteiger partial charge in [0.2, 0.25) is 5.91 Å². The van der Waals surface area contributed by atoms with Crippen molar-refractivity contribution in [2.24, 2.45) is 0 Å². The summed E-state index contributed by atoms with van der Waals surface area (Å²) in [6.45, 7) is 5.84. The zero-order valence-electron chi connectivity index (χ0n) is 25.0. The molecule has 3 heterocycles. The van der Waals surface area contributed by atoms with Crippen molar-refractivity contribution < 1.29 is 24.3 Å². The molecule has 0 bridgehead atoms. The number of fused-ring (bicyclic) bond motifs is 4. The first-order chi connectivity index (χ1) is 21.3. The van der Waals surface area contributed by atoms with E-state index in [1.165, 1.54) is 0 Å². The van der Waals surface area contributed by atoms with E-state index in [9.17, 15) is 9.90 Å². The third kappa shape index (κ3) is 5.37. The predicted octanol–water partition coefficient (Wildman–Crippen LogP) is 4.79. The van der Waals surface area contributed by atoms with Crippen molar-refractivity contribution in [2.75, 3.05) is 32.1 Å². The number of aliphatic hydroxyl groups excluding tert-OH is 2. The van der Waals surface area contributed by atoms with Gasteiger partial charge in [-0.25, -0.2) is 9.97 Å². The Labute approximate surface area is 253 Å². The Morgan fingerprint density at radius 3 is 2.57 bits per heavy atom. The van der Waals surface area contributed by atoms with Crippen LogP contribution >= 0.6 is 0 Å². The second-order valence-corrected chi connectivity index (χ2v) is 10.8. The number of aromatic amines is 1. The van der Waals surface area contributed by atoms with Gasteiger partial charge >= 0.3 is 0 Å². The summed E-state index contributed by atoms with van der Waals surface area (Å²) in [5.74, 6) is 1.81. The van der Waals surface area contributed by atoms with Crippen molar-refractivity contribution in [3.8, 4) is 28.1 Å². The highest BCUT2D eigenvalue weighted by atomic mass is 16.5. The third-order valence-electron chi connectivity index (χ3n) is 7.79. The van der Waals surface area contributed by atoms with E-state index < -0.39 is 6.10 Å². The average Bonchev–Trinajstić information content (AvgIpc) is 3.55. The Kier molecular flexibility index (Phi) is 8.00. The van der Waals surface area contributed by atoms with Crippen LogP contribution in [-0.2, 0) is 4.79 Å². The maximum Gasteiger partial charge on any atom is 0.238 e. The third-order valence-corrected chi connectivity index (χ3v) is 7.79. The van der Waals surface area contributed by atoms with Gasteiger partial charge in [0.25, 0.3) is 0 Å². The SMILES string of the molecule is COc1cc2c(cc1-c1c(C)noc1C)[nH]c1nc(C)nc(-c3ccc(NC(=O)CNCCC(O)CO)c4ccccc34)c12. The van der Waals surface area contributed by atoms with Gasteiger partial charge in [0.15, 0.2) is 0 Å². The van der Waals surface area contributed by atoms with E-state index in [4.69, 9.17) is 24.3 Å². The number of hydrogen-bond acceptors (Lipinski definition) is 9. The Hall–Kier alpha value is -4.84. The minimum Gasteiger partial charge on any atom is -0.496 e. The molecule has 11 heteroatoms. The van der Waals surface area contributed by atoms with Crippen LogP contribution in [0.25, 0.3) is 55.1 Å². The molecule has 0 saturated heterocycles. The number of methoxy groups -OCH3 is 1. The fraction of sp³-hybridized carbons (Fsp3) is 0.273.